The summed E-state index contributed by atoms with van der Waals surface area (Å²) in [6, 6.07) is 0. The number of aromatic nitrogens is 2. The van der Waals surface area contributed by atoms with Crippen LogP contribution in [0.3, 0.4) is 0 Å². The summed E-state index contributed by atoms with van der Waals surface area (Å²) >= 11 is 0. The van der Waals surface area contributed by atoms with Crippen molar-refractivity contribution in [3.8, 4) is 0 Å². The second-order valence-electron chi connectivity index (χ2n) is 3.89. The summed E-state index contributed by atoms with van der Waals surface area (Å²) in [6.45, 7) is 2.97. The van der Waals surface area contributed by atoms with Gasteiger partial charge in [0.05, 0.1) is 6.26 Å². The van der Waals surface area contributed by atoms with Crippen molar-refractivity contribution in [2.75, 3.05) is 37.0 Å². The van der Waals surface area contributed by atoms with Gasteiger partial charge in [0.2, 0.25) is 10.0 Å². The molecule has 0 spiro atoms. The molecule has 18 heavy (non-hydrogen) atoms. The number of hydrogen-bond donors (Lipinski definition) is 3. The van der Waals surface area contributed by atoms with E-state index in [2.05, 4.69) is 25.3 Å². The molecule has 3 N–H and O–H groups in total. The lowest BCUT2D eigenvalue weighted by Gasteiger charge is -2.10. The highest BCUT2D eigenvalue weighted by Gasteiger charge is 2.04. The number of hydrogen-bond acceptors (Lipinski definition) is 6. The van der Waals surface area contributed by atoms with E-state index in [1.54, 1.807) is 7.05 Å². The van der Waals surface area contributed by atoms with Crippen molar-refractivity contribution in [1.82, 2.24) is 14.7 Å². The van der Waals surface area contributed by atoms with Crippen molar-refractivity contribution < 1.29 is 8.42 Å². The fraction of sp³-hybridized carbons (Fsp3) is 0.600. The molecule has 1 rings (SSSR count). The van der Waals surface area contributed by atoms with Crippen LogP contribution in [0.25, 0.3) is 0 Å². The third-order valence-corrected chi connectivity index (χ3v) is 3.06. The van der Waals surface area contributed by atoms with Crippen LogP contribution in [0, 0.1) is 6.92 Å². The Morgan fingerprint density at radius 3 is 2.50 bits per heavy atom. The van der Waals surface area contributed by atoms with Gasteiger partial charge in [0, 0.05) is 25.7 Å². The smallest absolute Gasteiger partial charge is 0.208 e. The maximum absolute atomic E-state index is 10.8. The van der Waals surface area contributed by atoms with Gasteiger partial charge in [-0.3, -0.25) is 0 Å². The monoisotopic (exact) mass is 273 g/mol. The van der Waals surface area contributed by atoms with Gasteiger partial charge in [-0.25, -0.2) is 23.1 Å². The quantitative estimate of drug-likeness (QED) is 0.613. The first-order valence-electron chi connectivity index (χ1n) is 5.62. The van der Waals surface area contributed by atoms with E-state index in [9.17, 15) is 8.42 Å². The van der Waals surface area contributed by atoms with Gasteiger partial charge in [0.15, 0.2) is 0 Å². The lowest BCUT2D eigenvalue weighted by atomic mass is 10.3. The fourth-order valence-corrected chi connectivity index (χ4v) is 1.95. The molecule has 0 atom stereocenters. The maximum atomic E-state index is 10.8. The van der Waals surface area contributed by atoms with Gasteiger partial charge < -0.3 is 10.6 Å². The van der Waals surface area contributed by atoms with E-state index in [-0.39, 0.29) is 0 Å². The SMILES string of the molecule is CNc1ncnc(NCCCNS(C)(=O)=O)c1C. The standard InChI is InChI=1S/C10H19N5O2S/c1-8-9(11-2)13-7-14-10(8)12-5-4-6-15-18(3,16)17/h7,15H,4-6H2,1-3H3,(H2,11,12,13,14). The average molecular weight is 273 g/mol. The Morgan fingerprint density at radius 1 is 1.22 bits per heavy atom. The molecule has 0 saturated carbocycles. The summed E-state index contributed by atoms with van der Waals surface area (Å²) in [5, 5.41) is 6.12. The van der Waals surface area contributed by atoms with E-state index in [0.29, 0.717) is 19.5 Å². The van der Waals surface area contributed by atoms with Crippen molar-refractivity contribution in [1.29, 1.82) is 0 Å². The molecular formula is C10H19N5O2S. The minimum atomic E-state index is -3.10. The Bertz CT molecular complexity index is 489. The molecule has 1 heterocycles. The molecular weight excluding hydrogens is 254 g/mol. The maximum Gasteiger partial charge on any atom is 0.208 e. The number of nitrogens with zero attached hydrogens (tertiary/aromatic N) is 2. The van der Waals surface area contributed by atoms with Crippen LogP contribution in [0.5, 0.6) is 0 Å². The molecule has 0 aliphatic heterocycles. The average Bonchev–Trinajstić information content (AvgIpc) is 2.29. The molecule has 102 valence electrons. The first-order valence-corrected chi connectivity index (χ1v) is 7.51. The van der Waals surface area contributed by atoms with Crippen molar-refractivity contribution in [2.24, 2.45) is 0 Å². The fourth-order valence-electron chi connectivity index (χ4n) is 1.43. The third-order valence-electron chi connectivity index (χ3n) is 2.33. The van der Waals surface area contributed by atoms with E-state index >= 15 is 0 Å². The van der Waals surface area contributed by atoms with Crippen molar-refractivity contribution in [2.45, 2.75) is 13.3 Å². The predicted molar refractivity (Wildman–Crippen MR) is 72.3 cm³/mol. The highest BCUT2D eigenvalue weighted by Crippen LogP contribution is 2.16. The molecule has 0 radical (unpaired) electrons. The largest absolute Gasteiger partial charge is 0.373 e. The van der Waals surface area contributed by atoms with Crippen molar-refractivity contribution in [3.05, 3.63) is 11.9 Å². The van der Waals surface area contributed by atoms with Gasteiger partial charge >= 0.3 is 0 Å². The second-order valence-corrected chi connectivity index (χ2v) is 5.73. The van der Waals surface area contributed by atoms with Gasteiger partial charge in [-0.15, -0.1) is 0 Å². The van der Waals surface area contributed by atoms with Crippen molar-refractivity contribution >= 4 is 21.7 Å². The summed E-state index contributed by atoms with van der Waals surface area (Å²) in [6.07, 6.45) is 3.31. The molecule has 0 aliphatic rings. The molecule has 0 aliphatic carbocycles. The Labute approximate surface area is 107 Å². The Morgan fingerprint density at radius 2 is 1.89 bits per heavy atom. The van der Waals surface area contributed by atoms with Crippen LogP contribution in [0.2, 0.25) is 0 Å². The summed E-state index contributed by atoms with van der Waals surface area (Å²) in [7, 11) is -1.30. The lowest BCUT2D eigenvalue weighted by molar-refractivity contribution is 0.586. The molecule has 7 nitrogen and oxygen atoms in total. The summed E-state index contributed by atoms with van der Waals surface area (Å²) in [5.74, 6) is 1.54. The Balaban J connectivity index is 2.40. The summed E-state index contributed by atoms with van der Waals surface area (Å²) in [5.41, 5.74) is 0.941. The first kappa shape index (κ1) is 14.7. The zero-order chi connectivity index (χ0) is 13.6. The Hall–Kier alpha value is -1.41. The molecule has 0 aromatic carbocycles. The number of anilines is 2. The van der Waals surface area contributed by atoms with Gasteiger partial charge in [-0.05, 0) is 13.3 Å². The van der Waals surface area contributed by atoms with Crippen LogP contribution in [0.1, 0.15) is 12.0 Å². The molecule has 8 heteroatoms. The van der Waals surface area contributed by atoms with E-state index in [4.69, 9.17) is 0 Å². The van der Waals surface area contributed by atoms with Crippen molar-refractivity contribution in [3.63, 3.8) is 0 Å². The van der Waals surface area contributed by atoms with E-state index in [0.717, 1.165) is 23.5 Å². The van der Waals surface area contributed by atoms with Crippen LogP contribution in [-0.2, 0) is 10.0 Å². The molecule has 0 bridgehead atoms. The number of sulfonamides is 1. The predicted octanol–water partition coefficient (Wildman–Crippen LogP) is 0.178. The molecule has 0 saturated heterocycles. The van der Waals surface area contributed by atoms with Crippen LogP contribution in [0.4, 0.5) is 11.6 Å². The van der Waals surface area contributed by atoms with E-state index in [1.165, 1.54) is 6.33 Å². The zero-order valence-corrected chi connectivity index (χ0v) is 11.6. The third kappa shape index (κ3) is 4.84. The molecule has 0 fully saturated rings. The number of rotatable bonds is 7. The zero-order valence-electron chi connectivity index (χ0n) is 10.8. The second kappa shape index (κ2) is 6.50. The van der Waals surface area contributed by atoms with E-state index < -0.39 is 10.0 Å². The van der Waals surface area contributed by atoms with Gasteiger partial charge in [0.25, 0.3) is 0 Å². The van der Waals surface area contributed by atoms with Crippen LogP contribution in [0.15, 0.2) is 6.33 Å². The van der Waals surface area contributed by atoms with Gasteiger partial charge in [0.1, 0.15) is 18.0 Å². The van der Waals surface area contributed by atoms with Crippen LogP contribution < -0.4 is 15.4 Å². The highest BCUT2D eigenvalue weighted by molar-refractivity contribution is 7.88. The van der Waals surface area contributed by atoms with E-state index in [1.807, 2.05) is 6.92 Å². The minimum absolute atomic E-state index is 0.412. The lowest BCUT2D eigenvalue weighted by Crippen LogP contribution is -2.24. The Kier molecular flexibility index (Phi) is 5.29. The molecule has 1 aromatic rings. The normalized spacial score (nSPS) is 11.3. The molecule has 0 amide bonds. The minimum Gasteiger partial charge on any atom is -0.373 e. The van der Waals surface area contributed by atoms with Crippen LogP contribution in [-0.4, -0.2) is 44.8 Å². The first-order chi connectivity index (χ1) is 8.44. The van der Waals surface area contributed by atoms with Gasteiger partial charge in [-0.2, -0.15) is 0 Å². The molecule has 1 aromatic heterocycles. The molecule has 0 unspecified atom stereocenters. The van der Waals surface area contributed by atoms with Crippen LogP contribution >= 0.6 is 0 Å². The highest BCUT2D eigenvalue weighted by atomic mass is 32.2. The topological polar surface area (TPSA) is 96.0 Å². The van der Waals surface area contributed by atoms with Gasteiger partial charge in [-0.1, -0.05) is 0 Å². The number of nitrogens with one attached hydrogen (secondary N) is 3. The summed E-state index contributed by atoms with van der Waals surface area (Å²) in [4.78, 5) is 8.21. The summed E-state index contributed by atoms with van der Waals surface area (Å²) < 4.78 is 24.1.